The van der Waals surface area contributed by atoms with Gasteiger partial charge >= 0.3 is 0 Å². The summed E-state index contributed by atoms with van der Waals surface area (Å²) in [5.41, 5.74) is 3.13. The van der Waals surface area contributed by atoms with Gasteiger partial charge in [-0.1, -0.05) is 29.0 Å². The Morgan fingerprint density at radius 2 is 2.07 bits per heavy atom. The molecule has 1 aromatic heterocycles. The summed E-state index contributed by atoms with van der Waals surface area (Å²) in [6.45, 7) is 4.78. The van der Waals surface area contributed by atoms with Crippen LogP contribution in [0.15, 0.2) is 35.3 Å². The molecule has 0 bridgehead atoms. The Labute approximate surface area is 175 Å². The summed E-state index contributed by atoms with van der Waals surface area (Å²) in [5.74, 6) is 0.283. The lowest BCUT2D eigenvalue weighted by Gasteiger charge is -2.06. The average molecular weight is 436 g/mol. The number of nitrogens with zero attached hydrogens (tertiary/aromatic N) is 3. The van der Waals surface area contributed by atoms with Crippen LogP contribution in [0.3, 0.4) is 0 Å². The van der Waals surface area contributed by atoms with Crippen LogP contribution in [0.2, 0.25) is 5.02 Å². The number of benzene rings is 2. The number of carbonyl (C=O) groups excluding carboxylic acids is 1. The highest BCUT2D eigenvalue weighted by Gasteiger charge is 2.17. The summed E-state index contributed by atoms with van der Waals surface area (Å²) in [4.78, 5) is 28.1. The molecule has 1 amide bonds. The summed E-state index contributed by atoms with van der Waals surface area (Å²) in [6, 6.07) is 7.97. The first-order valence-corrected chi connectivity index (χ1v) is 11.0. The number of thiazole rings is 1. The van der Waals surface area contributed by atoms with Crippen LogP contribution in [0.5, 0.6) is 0 Å². The zero-order valence-electron chi connectivity index (χ0n) is 15.6. The Balaban J connectivity index is 2.18. The molecule has 0 N–H and O–H groups in total. The van der Waals surface area contributed by atoms with Crippen molar-refractivity contribution in [1.82, 2.24) is 4.57 Å². The summed E-state index contributed by atoms with van der Waals surface area (Å²) in [7, 11) is 0. The van der Waals surface area contributed by atoms with Crippen molar-refractivity contribution < 1.29 is 9.72 Å². The van der Waals surface area contributed by atoms with Crippen molar-refractivity contribution in [1.29, 1.82) is 0 Å². The number of rotatable bonds is 5. The smallest absolute Gasteiger partial charge is 0.281 e. The Bertz CT molecular complexity index is 1150. The molecule has 6 nitrogen and oxygen atoms in total. The van der Waals surface area contributed by atoms with E-state index in [9.17, 15) is 14.9 Å². The first-order valence-electron chi connectivity index (χ1n) is 8.44. The molecule has 0 aliphatic heterocycles. The molecule has 0 saturated heterocycles. The zero-order valence-corrected chi connectivity index (χ0v) is 18.0. The number of fused-ring (bicyclic) bond motifs is 1. The molecule has 0 aliphatic rings. The SMILES string of the molecule is CSCCn1c(=NC(=O)c2cc([N+](=O)[O-])ccc2Cl)sc2c(C)cc(C)cc21. The van der Waals surface area contributed by atoms with Crippen molar-refractivity contribution >= 4 is 56.5 Å². The molecule has 146 valence electrons. The van der Waals surface area contributed by atoms with Gasteiger partial charge in [0.25, 0.3) is 11.6 Å². The monoisotopic (exact) mass is 435 g/mol. The van der Waals surface area contributed by atoms with Crippen molar-refractivity contribution in [2.45, 2.75) is 20.4 Å². The van der Waals surface area contributed by atoms with Crippen LogP contribution < -0.4 is 4.80 Å². The van der Waals surface area contributed by atoms with Crippen LogP contribution in [0.1, 0.15) is 21.5 Å². The van der Waals surface area contributed by atoms with E-state index >= 15 is 0 Å². The number of thioether (sulfide) groups is 1. The van der Waals surface area contributed by atoms with Crippen molar-refractivity contribution in [3.05, 3.63) is 67.0 Å². The number of carbonyl (C=O) groups is 1. The molecule has 0 radical (unpaired) electrons. The fourth-order valence-electron chi connectivity index (χ4n) is 2.93. The number of aromatic nitrogens is 1. The maximum absolute atomic E-state index is 12.8. The van der Waals surface area contributed by atoms with Gasteiger partial charge in [-0.25, -0.2) is 0 Å². The second kappa shape index (κ2) is 8.46. The number of amides is 1. The van der Waals surface area contributed by atoms with Crippen molar-refractivity contribution in [2.24, 2.45) is 4.99 Å². The van der Waals surface area contributed by atoms with E-state index < -0.39 is 10.8 Å². The highest BCUT2D eigenvalue weighted by molar-refractivity contribution is 7.98. The number of nitro benzene ring substituents is 1. The minimum Gasteiger partial charge on any atom is -0.315 e. The van der Waals surface area contributed by atoms with E-state index in [1.54, 1.807) is 11.8 Å². The third-order valence-electron chi connectivity index (χ3n) is 4.22. The van der Waals surface area contributed by atoms with Crippen LogP contribution >= 0.6 is 34.7 Å². The van der Waals surface area contributed by atoms with Crippen LogP contribution in [0.4, 0.5) is 5.69 Å². The predicted octanol–water partition coefficient (Wildman–Crippen LogP) is 4.99. The number of nitro groups is 1. The Kier molecular flexibility index (Phi) is 6.22. The highest BCUT2D eigenvalue weighted by Crippen LogP contribution is 2.25. The number of non-ortho nitro benzene ring substituents is 1. The predicted molar refractivity (Wildman–Crippen MR) is 116 cm³/mol. The molecule has 0 atom stereocenters. The van der Waals surface area contributed by atoms with Gasteiger partial charge in [0.15, 0.2) is 4.80 Å². The van der Waals surface area contributed by atoms with Gasteiger partial charge < -0.3 is 4.57 Å². The lowest BCUT2D eigenvalue weighted by Crippen LogP contribution is -2.18. The molecule has 0 spiro atoms. The van der Waals surface area contributed by atoms with E-state index in [0.29, 0.717) is 11.3 Å². The van der Waals surface area contributed by atoms with Gasteiger partial charge in [0, 0.05) is 24.4 Å². The van der Waals surface area contributed by atoms with Crippen molar-refractivity contribution in [3.63, 3.8) is 0 Å². The summed E-state index contributed by atoms with van der Waals surface area (Å²) in [5, 5.41) is 11.2. The van der Waals surface area contributed by atoms with Gasteiger partial charge in [-0.15, -0.1) is 0 Å². The Morgan fingerprint density at radius 3 is 2.75 bits per heavy atom. The molecule has 28 heavy (non-hydrogen) atoms. The zero-order chi connectivity index (χ0) is 20.4. The van der Waals surface area contributed by atoms with Crippen LogP contribution in [0.25, 0.3) is 10.2 Å². The van der Waals surface area contributed by atoms with Crippen molar-refractivity contribution in [2.75, 3.05) is 12.0 Å². The molecule has 0 saturated carbocycles. The molecule has 3 aromatic rings. The second-order valence-corrected chi connectivity index (χ2v) is 8.67. The fraction of sp³-hybridized carbons (Fsp3) is 0.263. The Hall–Kier alpha value is -2.16. The van der Waals surface area contributed by atoms with Gasteiger partial charge in [-0.3, -0.25) is 14.9 Å². The van der Waals surface area contributed by atoms with Crippen LogP contribution in [-0.4, -0.2) is 27.4 Å². The van der Waals surface area contributed by atoms with Gasteiger partial charge in [-0.05, 0) is 43.4 Å². The third-order valence-corrected chi connectivity index (χ3v) is 6.37. The molecular formula is C19H18ClN3O3S2. The van der Waals surface area contributed by atoms with Crippen molar-refractivity contribution in [3.8, 4) is 0 Å². The second-order valence-electron chi connectivity index (χ2n) is 6.30. The maximum Gasteiger partial charge on any atom is 0.281 e. The molecule has 1 heterocycles. The average Bonchev–Trinajstić information content (AvgIpc) is 2.97. The van der Waals surface area contributed by atoms with Gasteiger partial charge in [0.05, 0.1) is 25.7 Å². The lowest BCUT2D eigenvalue weighted by molar-refractivity contribution is -0.384. The van der Waals surface area contributed by atoms with E-state index in [-0.39, 0.29) is 16.3 Å². The summed E-state index contributed by atoms with van der Waals surface area (Å²) >= 11 is 9.25. The van der Waals surface area contributed by atoms with E-state index in [4.69, 9.17) is 11.6 Å². The molecule has 0 aliphatic carbocycles. The number of hydrogen-bond acceptors (Lipinski definition) is 5. The molecule has 0 fully saturated rings. The highest BCUT2D eigenvalue weighted by atomic mass is 35.5. The first kappa shape index (κ1) is 20.6. The number of halogens is 1. The van der Waals surface area contributed by atoms with E-state index in [1.165, 1.54) is 29.5 Å². The topological polar surface area (TPSA) is 77.5 Å². The van der Waals surface area contributed by atoms with E-state index in [2.05, 4.69) is 17.1 Å². The summed E-state index contributed by atoms with van der Waals surface area (Å²) in [6.07, 6.45) is 2.02. The van der Waals surface area contributed by atoms with Gasteiger partial charge in [0.2, 0.25) is 0 Å². The molecule has 2 aromatic carbocycles. The normalized spacial score (nSPS) is 11.9. The standard InChI is InChI=1S/C19H18ClN3O3S2/c1-11-8-12(2)17-16(9-11)22(6-7-27-3)19(28-17)21-18(24)14-10-13(23(25)26)4-5-15(14)20/h4-5,8-10H,6-7H2,1-3H3. The van der Waals surface area contributed by atoms with Crippen LogP contribution in [0, 0.1) is 24.0 Å². The lowest BCUT2D eigenvalue weighted by atomic mass is 10.1. The minimum atomic E-state index is -0.590. The molecular weight excluding hydrogens is 418 g/mol. The third kappa shape index (κ3) is 4.14. The Morgan fingerprint density at radius 1 is 1.32 bits per heavy atom. The van der Waals surface area contributed by atoms with Crippen LogP contribution in [-0.2, 0) is 6.54 Å². The number of hydrogen-bond donors (Lipinski definition) is 0. The van der Waals surface area contributed by atoms with E-state index in [1.807, 2.05) is 24.7 Å². The molecule has 3 rings (SSSR count). The largest absolute Gasteiger partial charge is 0.315 e. The maximum atomic E-state index is 12.8. The van der Waals surface area contributed by atoms with E-state index in [0.717, 1.165) is 27.1 Å². The molecule has 9 heteroatoms. The first-order chi connectivity index (χ1) is 13.3. The quantitative estimate of drug-likeness (QED) is 0.418. The van der Waals surface area contributed by atoms with Gasteiger partial charge in [-0.2, -0.15) is 16.8 Å². The minimum absolute atomic E-state index is 0.0256. The fourth-order valence-corrected chi connectivity index (χ4v) is 4.60. The summed E-state index contributed by atoms with van der Waals surface area (Å²) < 4.78 is 3.10. The molecule has 0 unspecified atom stereocenters. The number of aryl methyl sites for hydroxylation is 3. The van der Waals surface area contributed by atoms with Gasteiger partial charge in [0.1, 0.15) is 0 Å².